The van der Waals surface area contributed by atoms with E-state index in [0.29, 0.717) is 0 Å². The predicted molar refractivity (Wildman–Crippen MR) is 24.3 cm³/mol. The maximum absolute atomic E-state index is 10.2. The molecule has 8 N–H and O–H groups in total. The van der Waals surface area contributed by atoms with Gasteiger partial charge >= 0.3 is 7.82 Å². The van der Waals surface area contributed by atoms with Gasteiger partial charge in [0.2, 0.25) is 0 Å². The monoisotopic (exact) mass is 150 g/mol. The fourth-order valence-electron chi connectivity index (χ4n) is 0. The molecule has 0 saturated heterocycles. The second kappa shape index (κ2) is 5.10. The summed E-state index contributed by atoms with van der Waals surface area (Å²) >= 11 is 0. The molecular weight excluding hydrogens is 142 g/mol. The standard InChI is InChI=1S/FH2O4P.2H3N/c1-5-6(2,3)4;;/h(H2,2,3,4);2*1H3. The van der Waals surface area contributed by atoms with Crippen LogP contribution in [-0.2, 0) is 9.29 Å². The molecule has 0 aromatic rings. The molecule has 0 heterocycles. The average molecular weight is 150 g/mol. The summed E-state index contributed by atoms with van der Waals surface area (Å²) in [5, 5.41) is 0. The SMILES string of the molecule is N.N.O=P(O)(O)OF. The van der Waals surface area contributed by atoms with Crippen molar-refractivity contribution < 1.29 is 23.6 Å². The fourth-order valence-corrected chi connectivity index (χ4v) is 0. The molecule has 6 nitrogen and oxygen atoms in total. The zero-order chi connectivity index (χ0) is 5.21. The molecular formula is H8FN2O4P. The van der Waals surface area contributed by atoms with E-state index in [1.54, 1.807) is 0 Å². The first kappa shape index (κ1) is 15.7. The number of hydrogen-bond donors (Lipinski definition) is 4. The molecule has 0 aliphatic heterocycles. The lowest BCUT2D eigenvalue weighted by Crippen LogP contribution is -1.71. The lowest BCUT2D eigenvalue weighted by molar-refractivity contribution is -0.0389. The predicted octanol–water partition coefficient (Wildman–Crippen LogP) is 0.304. The van der Waals surface area contributed by atoms with Gasteiger partial charge in [-0.15, -0.1) is 0 Å². The van der Waals surface area contributed by atoms with E-state index < -0.39 is 7.82 Å². The number of rotatable bonds is 1. The molecule has 0 rings (SSSR count). The van der Waals surface area contributed by atoms with Gasteiger partial charge in [-0.05, 0) is 4.53 Å². The molecule has 8 heavy (non-hydrogen) atoms. The van der Waals surface area contributed by atoms with Crippen molar-refractivity contribution in [2.75, 3.05) is 0 Å². The number of phosphoric acid groups is 1. The van der Waals surface area contributed by atoms with Gasteiger partial charge in [-0.3, -0.25) is 0 Å². The molecule has 0 aliphatic rings. The highest BCUT2D eigenvalue weighted by molar-refractivity contribution is 7.46. The van der Waals surface area contributed by atoms with Gasteiger partial charge in [0, 0.05) is 0 Å². The highest BCUT2D eigenvalue weighted by Gasteiger charge is 2.12. The van der Waals surface area contributed by atoms with Crippen LogP contribution in [-0.4, -0.2) is 9.79 Å². The Bertz CT molecular complexity index is 78.1. The van der Waals surface area contributed by atoms with Crippen molar-refractivity contribution >= 4 is 7.82 Å². The van der Waals surface area contributed by atoms with E-state index >= 15 is 0 Å². The van der Waals surface area contributed by atoms with Crippen molar-refractivity contribution in [3.8, 4) is 0 Å². The van der Waals surface area contributed by atoms with Crippen molar-refractivity contribution in [1.29, 1.82) is 0 Å². The van der Waals surface area contributed by atoms with E-state index in [4.69, 9.17) is 14.4 Å². The minimum absolute atomic E-state index is 0. The first-order chi connectivity index (χ1) is 2.56. The Morgan fingerprint density at radius 3 is 1.50 bits per heavy atom. The van der Waals surface area contributed by atoms with E-state index in [1.165, 1.54) is 0 Å². The molecule has 0 aliphatic carbocycles. The van der Waals surface area contributed by atoms with Crippen LogP contribution in [0, 0.1) is 0 Å². The minimum Gasteiger partial charge on any atom is -0.344 e. The number of halogens is 1. The second-order valence-corrected chi connectivity index (χ2v) is 1.68. The van der Waals surface area contributed by atoms with E-state index in [0.717, 1.165) is 0 Å². The molecule has 0 aromatic heterocycles. The maximum Gasteiger partial charge on any atom is 0.500 e. The van der Waals surface area contributed by atoms with Crippen LogP contribution in [0.2, 0.25) is 0 Å². The van der Waals surface area contributed by atoms with E-state index in [2.05, 4.69) is 4.73 Å². The molecule has 0 spiro atoms. The van der Waals surface area contributed by atoms with Gasteiger partial charge in [-0.1, -0.05) is 4.73 Å². The zero-order valence-corrected chi connectivity index (χ0v) is 4.84. The van der Waals surface area contributed by atoms with Gasteiger partial charge in [0.25, 0.3) is 0 Å². The molecule has 0 saturated carbocycles. The normalized spacial score (nSPS) is 8.88. The van der Waals surface area contributed by atoms with E-state index in [1.807, 2.05) is 0 Å². The van der Waals surface area contributed by atoms with Gasteiger partial charge in [-0.2, -0.15) is 0 Å². The summed E-state index contributed by atoms with van der Waals surface area (Å²) < 4.78 is 21.4. The highest BCUT2D eigenvalue weighted by atomic mass is 31.2. The first-order valence-corrected chi connectivity index (χ1v) is 2.45. The third kappa shape index (κ3) is 16.7. The smallest absolute Gasteiger partial charge is 0.344 e. The molecule has 0 aromatic carbocycles. The highest BCUT2D eigenvalue weighted by Crippen LogP contribution is 2.35. The Morgan fingerprint density at radius 1 is 1.38 bits per heavy atom. The molecule has 0 atom stereocenters. The van der Waals surface area contributed by atoms with Crippen LogP contribution >= 0.6 is 7.82 Å². The molecule has 0 unspecified atom stereocenters. The Kier molecular flexibility index (Phi) is 10.00. The Labute approximate surface area is 45.0 Å². The minimum atomic E-state index is -4.81. The summed E-state index contributed by atoms with van der Waals surface area (Å²) in [5.74, 6) is 0. The Balaban J connectivity index is -0.000000125. The molecule has 0 fully saturated rings. The maximum atomic E-state index is 10.2. The van der Waals surface area contributed by atoms with Crippen molar-refractivity contribution in [1.82, 2.24) is 12.3 Å². The van der Waals surface area contributed by atoms with Crippen molar-refractivity contribution in [3.05, 3.63) is 0 Å². The van der Waals surface area contributed by atoms with Crippen LogP contribution in [0.1, 0.15) is 0 Å². The second-order valence-electron chi connectivity index (χ2n) is 0.560. The summed E-state index contributed by atoms with van der Waals surface area (Å²) in [6.45, 7) is 0. The summed E-state index contributed by atoms with van der Waals surface area (Å²) in [7, 11) is -4.81. The van der Waals surface area contributed by atoms with Crippen molar-refractivity contribution in [2.24, 2.45) is 0 Å². The van der Waals surface area contributed by atoms with Crippen LogP contribution < -0.4 is 12.3 Å². The van der Waals surface area contributed by atoms with Gasteiger partial charge in [0.05, 0.1) is 0 Å². The Morgan fingerprint density at radius 2 is 1.50 bits per heavy atom. The van der Waals surface area contributed by atoms with Crippen molar-refractivity contribution in [2.45, 2.75) is 0 Å². The lowest BCUT2D eigenvalue weighted by atomic mass is 14.0. The first-order valence-electron chi connectivity index (χ1n) is 0.919. The summed E-state index contributed by atoms with van der Waals surface area (Å²) in [6, 6.07) is 0. The lowest BCUT2D eigenvalue weighted by Gasteiger charge is -1.87. The van der Waals surface area contributed by atoms with Gasteiger partial charge in [-0.25, -0.2) is 4.57 Å². The quantitative estimate of drug-likeness (QED) is 0.396. The third-order valence-corrected chi connectivity index (χ3v) is 0.270. The molecule has 0 amide bonds. The Hall–Kier alpha value is -0.0400. The van der Waals surface area contributed by atoms with Gasteiger partial charge in [0.1, 0.15) is 0 Å². The zero-order valence-electron chi connectivity index (χ0n) is 3.95. The fraction of sp³-hybridized carbons (Fsp3) is 0. The third-order valence-electron chi connectivity index (χ3n) is 0.0899. The summed E-state index contributed by atoms with van der Waals surface area (Å²) in [4.78, 5) is 14.7. The number of hydrogen-bond acceptors (Lipinski definition) is 4. The van der Waals surface area contributed by atoms with Gasteiger partial charge < -0.3 is 22.1 Å². The van der Waals surface area contributed by atoms with Crippen LogP contribution in [0.25, 0.3) is 0 Å². The van der Waals surface area contributed by atoms with E-state index in [9.17, 15) is 4.53 Å². The van der Waals surface area contributed by atoms with Crippen LogP contribution in [0.15, 0.2) is 0 Å². The molecule has 54 valence electrons. The van der Waals surface area contributed by atoms with Crippen LogP contribution in [0.5, 0.6) is 0 Å². The van der Waals surface area contributed by atoms with Crippen LogP contribution in [0.4, 0.5) is 4.53 Å². The summed E-state index contributed by atoms with van der Waals surface area (Å²) in [6.07, 6.45) is 0. The van der Waals surface area contributed by atoms with Crippen molar-refractivity contribution in [3.63, 3.8) is 0 Å². The van der Waals surface area contributed by atoms with Crippen LogP contribution in [0.3, 0.4) is 0 Å². The molecule has 8 heteroatoms. The largest absolute Gasteiger partial charge is 0.500 e. The molecule has 0 bridgehead atoms. The topological polar surface area (TPSA) is 137 Å². The summed E-state index contributed by atoms with van der Waals surface area (Å²) in [5.41, 5.74) is 0. The molecule has 0 radical (unpaired) electrons. The van der Waals surface area contributed by atoms with Gasteiger partial charge in [0.15, 0.2) is 0 Å². The van der Waals surface area contributed by atoms with E-state index in [-0.39, 0.29) is 12.3 Å². The average Bonchev–Trinajstić information content (AvgIpc) is 1.35.